The monoisotopic (exact) mass is 472 g/mol. The first-order valence-electron chi connectivity index (χ1n) is 10.9. The Hall–Kier alpha value is -2.50. The summed E-state index contributed by atoms with van der Waals surface area (Å²) in [6.45, 7) is 1.67. The zero-order valence-corrected chi connectivity index (χ0v) is 19.4. The van der Waals surface area contributed by atoms with Crippen LogP contribution in [-0.2, 0) is 16.0 Å². The summed E-state index contributed by atoms with van der Waals surface area (Å²) in [4.78, 5) is 25.4. The molecule has 7 heteroatoms. The van der Waals surface area contributed by atoms with E-state index in [0.717, 1.165) is 5.56 Å². The molecule has 0 radical (unpaired) electrons. The first-order chi connectivity index (χ1) is 15.3. The van der Waals surface area contributed by atoms with Crippen LogP contribution in [0.25, 0.3) is 0 Å². The van der Waals surface area contributed by atoms with E-state index in [4.69, 9.17) is 23.2 Å². The number of carbonyl (C=O) groups is 2. The number of rotatable bonds is 5. The Kier molecular flexibility index (Phi) is 6.50. The maximum absolute atomic E-state index is 12.8. The minimum absolute atomic E-state index is 0.258. The average Bonchev–Trinajstić information content (AvgIpc) is 2.99. The zero-order chi connectivity index (χ0) is 22.9. The van der Waals surface area contributed by atoms with E-state index in [0.29, 0.717) is 21.7 Å². The number of aliphatic hydroxyl groups is 1. The molecule has 2 aromatic carbocycles. The summed E-state index contributed by atoms with van der Waals surface area (Å²) in [5.74, 6) is -0.961. The molecule has 3 N–H and O–H groups in total. The third-order valence-electron chi connectivity index (χ3n) is 6.39. The number of aliphatic hydroxyl groups excluding tert-OH is 1. The summed E-state index contributed by atoms with van der Waals surface area (Å²) in [5.41, 5.74) is 1.24. The van der Waals surface area contributed by atoms with Gasteiger partial charge in [-0.05, 0) is 61.1 Å². The predicted molar refractivity (Wildman–Crippen MR) is 127 cm³/mol. The van der Waals surface area contributed by atoms with Crippen molar-refractivity contribution in [3.8, 4) is 0 Å². The lowest BCUT2D eigenvalue weighted by molar-refractivity contribution is -0.121. The van der Waals surface area contributed by atoms with E-state index in [-0.39, 0.29) is 17.8 Å². The third-order valence-corrected chi connectivity index (χ3v) is 7.13. The van der Waals surface area contributed by atoms with E-state index in [1.807, 2.05) is 24.3 Å². The van der Waals surface area contributed by atoms with E-state index >= 15 is 0 Å². The largest absolute Gasteiger partial charge is 0.509 e. The van der Waals surface area contributed by atoms with Crippen molar-refractivity contribution in [1.29, 1.82) is 0 Å². The minimum Gasteiger partial charge on any atom is -0.509 e. The van der Waals surface area contributed by atoms with Crippen molar-refractivity contribution < 1.29 is 14.7 Å². The number of benzene rings is 2. The quantitative estimate of drug-likeness (QED) is 0.472. The molecule has 2 aromatic rings. The van der Waals surface area contributed by atoms with Crippen molar-refractivity contribution in [2.24, 2.45) is 0 Å². The number of anilines is 1. The van der Waals surface area contributed by atoms with E-state index in [2.05, 4.69) is 10.6 Å². The van der Waals surface area contributed by atoms with Gasteiger partial charge in [-0.1, -0.05) is 60.7 Å². The highest BCUT2D eigenvalue weighted by Crippen LogP contribution is 2.34. The summed E-state index contributed by atoms with van der Waals surface area (Å²) in [6, 6.07) is 12.9. The fraction of sp³-hybridized carbons (Fsp3) is 0.360. The molecule has 1 aliphatic carbocycles. The van der Waals surface area contributed by atoms with Gasteiger partial charge in [0.2, 0.25) is 0 Å². The van der Waals surface area contributed by atoms with Gasteiger partial charge in [0.1, 0.15) is 11.3 Å². The SMILES string of the molecule is CC1(Cc2ccc(Cl)c(Cl)c2)NC(=O)C(C(=O)Nc2ccc(C3CCCCC3)cc2)=C1O. The van der Waals surface area contributed by atoms with Crippen LogP contribution in [0.4, 0.5) is 5.69 Å². The normalized spacial score (nSPS) is 21.5. The van der Waals surface area contributed by atoms with Crippen LogP contribution in [0.3, 0.4) is 0 Å². The number of hydrogen-bond acceptors (Lipinski definition) is 3. The second-order valence-electron chi connectivity index (χ2n) is 8.85. The molecule has 0 spiro atoms. The van der Waals surface area contributed by atoms with E-state index in [9.17, 15) is 14.7 Å². The molecule has 1 saturated carbocycles. The molecule has 1 aliphatic heterocycles. The van der Waals surface area contributed by atoms with E-state index in [1.54, 1.807) is 25.1 Å². The Bertz CT molecular complexity index is 1080. The third kappa shape index (κ3) is 4.64. The number of halogens is 2. The van der Waals surface area contributed by atoms with Crippen LogP contribution >= 0.6 is 23.2 Å². The van der Waals surface area contributed by atoms with Crippen LogP contribution in [0, 0.1) is 0 Å². The average molecular weight is 473 g/mol. The van der Waals surface area contributed by atoms with Gasteiger partial charge < -0.3 is 15.7 Å². The molecule has 1 heterocycles. The molecule has 168 valence electrons. The second-order valence-corrected chi connectivity index (χ2v) is 9.66. The molecule has 4 rings (SSSR count). The topological polar surface area (TPSA) is 78.4 Å². The molecule has 0 bridgehead atoms. The van der Waals surface area contributed by atoms with Crippen LogP contribution in [0.1, 0.15) is 56.1 Å². The van der Waals surface area contributed by atoms with Crippen molar-refractivity contribution in [3.63, 3.8) is 0 Å². The summed E-state index contributed by atoms with van der Waals surface area (Å²) in [5, 5.41) is 17.1. The fourth-order valence-electron chi connectivity index (χ4n) is 4.62. The molecular weight excluding hydrogens is 447 g/mol. The minimum atomic E-state index is -1.12. The van der Waals surface area contributed by atoms with Crippen molar-refractivity contribution >= 4 is 40.7 Å². The molecule has 1 fully saturated rings. The number of carbonyl (C=O) groups excluding carboxylic acids is 2. The zero-order valence-electron chi connectivity index (χ0n) is 17.9. The van der Waals surface area contributed by atoms with Crippen molar-refractivity contribution in [2.75, 3.05) is 5.32 Å². The second kappa shape index (κ2) is 9.16. The summed E-state index contributed by atoms with van der Waals surface area (Å²) in [7, 11) is 0. The van der Waals surface area contributed by atoms with Gasteiger partial charge in [0.25, 0.3) is 11.8 Å². The summed E-state index contributed by atoms with van der Waals surface area (Å²) >= 11 is 12.0. The lowest BCUT2D eigenvalue weighted by atomic mass is 9.84. The van der Waals surface area contributed by atoms with E-state index in [1.165, 1.54) is 37.7 Å². The van der Waals surface area contributed by atoms with Gasteiger partial charge in [-0.15, -0.1) is 0 Å². The van der Waals surface area contributed by atoms with Gasteiger partial charge in [0, 0.05) is 12.1 Å². The van der Waals surface area contributed by atoms with Crippen LogP contribution in [0.15, 0.2) is 53.8 Å². The molecule has 0 saturated heterocycles. The summed E-state index contributed by atoms with van der Waals surface area (Å²) in [6.07, 6.45) is 6.47. The van der Waals surface area contributed by atoms with Crippen molar-refractivity contribution in [1.82, 2.24) is 5.32 Å². The highest BCUT2D eigenvalue weighted by molar-refractivity contribution is 6.42. The van der Waals surface area contributed by atoms with Crippen LogP contribution in [0.5, 0.6) is 0 Å². The van der Waals surface area contributed by atoms with Crippen LogP contribution < -0.4 is 10.6 Å². The molecule has 0 aromatic heterocycles. The van der Waals surface area contributed by atoms with Crippen LogP contribution in [0.2, 0.25) is 10.0 Å². The standard InChI is InChI=1S/C25H26Cl2N2O3/c1-25(14-15-7-12-19(26)20(27)13-15)22(30)21(24(32)29-25)23(31)28-18-10-8-17(9-11-18)16-5-3-2-4-6-16/h7-13,16,30H,2-6,14H2,1H3,(H,28,31)(H,29,32). The smallest absolute Gasteiger partial charge is 0.264 e. The number of nitrogens with one attached hydrogen (secondary N) is 2. The molecule has 1 unspecified atom stereocenters. The first kappa shape index (κ1) is 22.7. The highest BCUT2D eigenvalue weighted by Gasteiger charge is 2.44. The maximum Gasteiger partial charge on any atom is 0.264 e. The predicted octanol–water partition coefficient (Wildman–Crippen LogP) is 5.92. The lowest BCUT2D eigenvalue weighted by Crippen LogP contribution is -2.43. The molecule has 32 heavy (non-hydrogen) atoms. The fourth-order valence-corrected chi connectivity index (χ4v) is 4.94. The Balaban J connectivity index is 1.49. The van der Waals surface area contributed by atoms with Gasteiger partial charge >= 0.3 is 0 Å². The van der Waals surface area contributed by atoms with Gasteiger partial charge in [-0.25, -0.2) is 0 Å². The number of amides is 2. The Morgan fingerprint density at radius 3 is 2.44 bits per heavy atom. The summed E-state index contributed by atoms with van der Waals surface area (Å²) < 4.78 is 0. The molecule has 2 aliphatic rings. The molecule has 2 amide bonds. The Labute approximate surface area is 197 Å². The highest BCUT2D eigenvalue weighted by atomic mass is 35.5. The maximum atomic E-state index is 12.8. The number of hydrogen-bond donors (Lipinski definition) is 3. The van der Waals surface area contributed by atoms with Gasteiger partial charge in [-0.2, -0.15) is 0 Å². The van der Waals surface area contributed by atoms with Crippen molar-refractivity contribution in [2.45, 2.75) is 56.9 Å². The van der Waals surface area contributed by atoms with Gasteiger partial charge in [0.05, 0.1) is 15.6 Å². The van der Waals surface area contributed by atoms with E-state index < -0.39 is 17.4 Å². The van der Waals surface area contributed by atoms with Crippen molar-refractivity contribution in [3.05, 3.63) is 75.0 Å². The van der Waals surface area contributed by atoms with Gasteiger partial charge in [0.15, 0.2) is 0 Å². The van der Waals surface area contributed by atoms with Gasteiger partial charge in [-0.3, -0.25) is 9.59 Å². The first-order valence-corrected chi connectivity index (χ1v) is 11.6. The lowest BCUT2D eigenvalue weighted by Gasteiger charge is -2.25. The molecule has 1 atom stereocenters. The van der Waals surface area contributed by atoms with Crippen LogP contribution in [-0.4, -0.2) is 22.5 Å². The Morgan fingerprint density at radius 2 is 1.78 bits per heavy atom. The molecular formula is C25H26Cl2N2O3. The molecule has 5 nitrogen and oxygen atoms in total. The Morgan fingerprint density at radius 1 is 1.09 bits per heavy atom.